The molecule has 0 fully saturated rings. The molecule has 0 bridgehead atoms. The van der Waals surface area contributed by atoms with Crippen LogP contribution in [0, 0.1) is 5.41 Å². The Morgan fingerprint density at radius 3 is 2.62 bits per heavy atom. The molecule has 0 N–H and O–H groups in total. The lowest BCUT2D eigenvalue weighted by Crippen LogP contribution is -2.01. The van der Waals surface area contributed by atoms with E-state index in [0.717, 1.165) is 12.0 Å². The molecule has 2 aliphatic carbocycles. The predicted molar refractivity (Wildman–Crippen MR) is 53.3 cm³/mol. The first-order valence-corrected chi connectivity index (χ1v) is 4.73. The van der Waals surface area contributed by atoms with Gasteiger partial charge in [-0.05, 0) is 12.0 Å². The second-order valence-corrected chi connectivity index (χ2v) is 4.35. The third kappa shape index (κ3) is 1.51. The molecule has 13 heavy (non-hydrogen) atoms. The van der Waals surface area contributed by atoms with Gasteiger partial charge in [0.2, 0.25) is 0 Å². The van der Waals surface area contributed by atoms with Gasteiger partial charge < -0.3 is 0 Å². The zero-order valence-corrected chi connectivity index (χ0v) is 8.13. The van der Waals surface area contributed by atoms with Crippen molar-refractivity contribution in [1.29, 1.82) is 0 Å². The van der Waals surface area contributed by atoms with Crippen LogP contribution in [0.2, 0.25) is 0 Å². The van der Waals surface area contributed by atoms with Gasteiger partial charge in [0.05, 0.1) is 0 Å². The monoisotopic (exact) mass is 174 g/mol. The van der Waals surface area contributed by atoms with Crippen LogP contribution in [0.4, 0.5) is 0 Å². The molecular formula is C12H14O. The van der Waals surface area contributed by atoms with Gasteiger partial charge in [-0.2, -0.15) is 0 Å². The van der Waals surface area contributed by atoms with E-state index in [-0.39, 0.29) is 5.41 Å². The van der Waals surface area contributed by atoms with E-state index in [1.54, 1.807) is 0 Å². The Hall–Kier alpha value is -1.11. The highest BCUT2D eigenvalue weighted by atomic mass is 16.1. The Balaban J connectivity index is 2.42. The average molecular weight is 174 g/mol. The van der Waals surface area contributed by atoms with Gasteiger partial charge in [0.25, 0.3) is 0 Å². The van der Waals surface area contributed by atoms with Crippen LogP contribution in [0.25, 0.3) is 0 Å². The fourth-order valence-corrected chi connectivity index (χ4v) is 1.74. The van der Waals surface area contributed by atoms with Gasteiger partial charge in [0.1, 0.15) is 0 Å². The zero-order valence-electron chi connectivity index (χ0n) is 8.13. The predicted octanol–water partition coefficient (Wildman–Crippen LogP) is 2.80. The van der Waals surface area contributed by atoms with Crippen LogP contribution in [0.1, 0.15) is 26.7 Å². The van der Waals surface area contributed by atoms with Crippen molar-refractivity contribution < 1.29 is 4.79 Å². The summed E-state index contributed by atoms with van der Waals surface area (Å²) in [4.78, 5) is 11.4. The SMILES string of the molecule is CC1(C)C=CC2=C(C=C1)C(=O)CC2. The molecule has 0 aromatic rings. The van der Waals surface area contributed by atoms with Crippen LogP contribution in [0.5, 0.6) is 0 Å². The fourth-order valence-electron chi connectivity index (χ4n) is 1.74. The van der Waals surface area contributed by atoms with Crippen LogP contribution < -0.4 is 0 Å². The van der Waals surface area contributed by atoms with Crippen molar-refractivity contribution in [1.82, 2.24) is 0 Å². The highest BCUT2D eigenvalue weighted by molar-refractivity contribution is 6.02. The molecule has 0 spiro atoms. The van der Waals surface area contributed by atoms with Crippen molar-refractivity contribution in [2.45, 2.75) is 26.7 Å². The van der Waals surface area contributed by atoms with Crippen LogP contribution in [-0.4, -0.2) is 5.78 Å². The van der Waals surface area contributed by atoms with Gasteiger partial charge in [0, 0.05) is 17.4 Å². The minimum Gasteiger partial charge on any atom is -0.294 e. The standard InChI is InChI=1S/C12H14O/c1-12(2)7-5-9-3-4-11(13)10(9)6-8-12/h5-8H,3-4H2,1-2H3. The summed E-state index contributed by atoms with van der Waals surface area (Å²) in [6, 6.07) is 0. The van der Waals surface area contributed by atoms with E-state index < -0.39 is 0 Å². The van der Waals surface area contributed by atoms with Crippen molar-refractivity contribution in [2.24, 2.45) is 5.41 Å². The maximum atomic E-state index is 11.4. The average Bonchev–Trinajstić information content (AvgIpc) is 2.32. The van der Waals surface area contributed by atoms with Crippen LogP contribution in [0.3, 0.4) is 0 Å². The quantitative estimate of drug-likeness (QED) is 0.552. The molecule has 0 atom stereocenters. The van der Waals surface area contributed by atoms with E-state index in [1.165, 1.54) is 5.57 Å². The second kappa shape index (κ2) is 2.69. The van der Waals surface area contributed by atoms with E-state index in [0.29, 0.717) is 12.2 Å². The van der Waals surface area contributed by atoms with Crippen molar-refractivity contribution in [3.63, 3.8) is 0 Å². The summed E-state index contributed by atoms with van der Waals surface area (Å²) >= 11 is 0. The fraction of sp³-hybridized carbons (Fsp3) is 0.417. The smallest absolute Gasteiger partial charge is 0.163 e. The topological polar surface area (TPSA) is 17.1 Å². The van der Waals surface area contributed by atoms with Gasteiger partial charge in [-0.25, -0.2) is 0 Å². The van der Waals surface area contributed by atoms with Crippen molar-refractivity contribution in [2.75, 3.05) is 0 Å². The Labute approximate surface area is 78.8 Å². The second-order valence-electron chi connectivity index (χ2n) is 4.35. The molecule has 0 radical (unpaired) electrons. The van der Waals surface area contributed by atoms with E-state index in [4.69, 9.17) is 0 Å². The number of rotatable bonds is 0. The molecule has 2 rings (SSSR count). The Morgan fingerprint density at radius 1 is 1.15 bits per heavy atom. The first kappa shape index (κ1) is 8.49. The Morgan fingerprint density at radius 2 is 1.85 bits per heavy atom. The molecule has 0 unspecified atom stereocenters. The maximum Gasteiger partial charge on any atom is 0.163 e. The number of ketones is 1. The molecule has 0 heterocycles. The number of carbonyl (C=O) groups is 1. The molecule has 0 amide bonds. The molecule has 1 nitrogen and oxygen atoms in total. The van der Waals surface area contributed by atoms with E-state index in [2.05, 4.69) is 32.1 Å². The minimum absolute atomic E-state index is 0.0879. The molecule has 0 aliphatic heterocycles. The number of Topliss-reactive ketones (excluding diaryl/α,β-unsaturated/α-hetero) is 1. The van der Waals surface area contributed by atoms with Gasteiger partial charge >= 0.3 is 0 Å². The van der Waals surface area contributed by atoms with Gasteiger partial charge in [-0.3, -0.25) is 4.79 Å². The van der Waals surface area contributed by atoms with Gasteiger partial charge in [0.15, 0.2) is 5.78 Å². The summed E-state index contributed by atoms with van der Waals surface area (Å²) in [5.74, 6) is 0.300. The number of carbonyl (C=O) groups excluding carboxylic acids is 1. The lowest BCUT2D eigenvalue weighted by Gasteiger charge is -2.12. The van der Waals surface area contributed by atoms with Crippen LogP contribution >= 0.6 is 0 Å². The summed E-state index contributed by atoms with van der Waals surface area (Å²) in [7, 11) is 0. The Bertz CT molecular complexity index is 340. The molecule has 2 aliphatic rings. The molecule has 0 saturated heterocycles. The molecule has 0 aromatic heterocycles. The highest BCUT2D eigenvalue weighted by Gasteiger charge is 2.22. The summed E-state index contributed by atoms with van der Waals surface area (Å²) in [5, 5.41) is 0. The Kier molecular flexibility index (Phi) is 1.76. The highest BCUT2D eigenvalue weighted by Crippen LogP contribution is 2.31. The van der Waals surface area contributed by atoms with E-state index >= 15 is 0 Å². The number of allylic oxidation sites excluding steroid dienone is 6. The first-order valence-electron chi connectivity index (χ1n) is 4.73. The molecule has 0 aromatic carbocycles. The van der Waals surface area contributed by atoms with E-state index in [1.807, 2.05) is 6.08 Å². The lowest BCUT2D eigenvalue weighted by molar-refractivity contribution is -0.114. The molecule has 68 valence electrons. The maximum absolute atomic E-state index is 11.4. The van der Waals surface area contributed by atoms with Gasteiger partial charge in [-0.1, -0.05) is 38.2 Å². The van der Waals surface area contributed by atoms with Crippen molar-refractivity contribution >= 4 is 5.78 Å². The normalized spacial score (nSPS) is 24.9. The molecule has 0 saturated carbocycles. The van der Waals surface area contributed by atoms with Gasteiger partial charge in [-0.15, -0.1) is 0 Å². The third-order valence-corrected chi connectivity index (χ3v) is 2.66. The van der Waals surface area contributed by atoms with Crippen LogP contribution in [-0.2, 0) is 4.79 Å². The van der Waals surface area contributed by atoms with Crippen LogP contribution in [0.15, 0.2) is 35.5 Å². The summed E-state index contributed by atoms with van der Waals surface area (Å²) in [5.41, 5.74) is 2.23. The number of hydrogen-bond donors (Lipinski definition) is 0. The summed E-state index contributed by atoms with van der Waals surface area (Å²) in [6.07, 6.45) is 10.00. The molecular weight excluding hydrogens is 160 g/mol. The molecule has 1 heteroatoms. The lowest BCUT2D eigenvalue weighted by atomic mass is 9.92. The van der Waals surface area contributed by atoms with Crippen molar-refractivity contribution in [3.05, 3.63) is 35.5 Å². The number of hydrogen-bond acceptors (Lipinski definition) is 1. The summed E-state index contributed by atoms with van der Waals surface area (Å²) < 4.78 is 0. The largest absolute Gasteiger partial charge is 0.294 e. The van der Waals surface area contributed by atoms with Crippen molar-refractivity contribution in [3.8, 4) is 0 Å². The van der Waals surface area contributed by atoms with E-state index in [9.17, 15) is 4.79 Å². The third-order valence-electron chi connectivity index (χ3n) is 2.66. The zero-order chi connectivity index (χ0) is 9.47. The first-order chi connectivity index (χ1) is 6.08. The summed E-state index contributed by atoms with van der Waals surface area (Å²) in [6.45, 7) is 4.29. The minimum atomic E-state index is 0.0879.